The van der Waals surface area contributed by atoms with E-state index < -0.39 is 5.97 Å². The van der Waals surface area contributed by atoms with Crippen LogP contribution in [0.25, 0.3) is 0 Å². The van der Waals surface area contributed by atoms with E-state index >= 15 is 0 Å². The predicted molar refractivity (Wildman–Crippen MR) is 80.1 cm³/mol. The van der Waals surface area contributed by atoms with Gasteiger partial charge >= 0.3 is 5.97 Å². The fourth-order valence-corrected chi connectivity index (χ4v) is 1.87. The second kappa shape index (κ2) is 6.16. The number of carbonyl (C=O) groups is 1. The smallest absolute Gasteiger partial charge is 0.335 e. The molecule has 5 heteroatoms. The van der Waals surface area contributed by atoms with E-state index in [1.807, 2.05) is 12.1 Å². The van der Waals surface area contributed by atoms with Crippen molar-refractivity contribution in [3.8, 4) is 5.75 Å². The Morgan fingerprint density at radius 1 is 1.15 bits per heavy atom. The molecular weight excluding hydrogens is 274 g/mol. The molecule has 0 atom stereocenters. The highest BCUT2D eigenvalue weighted by atomic mass is 32.1. The van der Waals surface area contributed by atoms with Gasteiger partial charge in [-0.15, -0.1) is 0 Å². The van der Waals surface area contributed by atoms with Gasteiger partial charge in [0.05, 0.1) is 11.1 Å². The van der Waals surface area contributed by atoms with Crippen molar-refractivity contribution in [1.82, 2.24) is 0 Å². The third-order valence-electron chi connectivity index (χ3n) is 2.75. The Balaban J connectivity index is 2.09. The van der Waals surface area contributed by atoms with Crippen LogP contribution >= 0.6 is 12.2 Å². The number of carboxylic acids is 1. The van der Waals surface area contributed by atoms with E-state index in [1.165, 1.54) is 0 Å². The summed E-state index contributed by atoms with van der Waals surface area (Å²) in [4.78, 5) is 11.0. The first-order valence-corrected chi connectivity index (χ1v) is 6.32. The Morgan fingerprint density at radius 2 is 1.80 bits per heavy atom. The summed E-state index contributed by atoms with van der Waals surface area (Å²) in [6.45, 7) is 0.319. The normalized spacial score (nSPS) is 10.0. The van der Waals surface area contributed by atoms with E-state index in [4.69, 9.17) is 27.8 Å². The van der Waals surface area contributed by atoms with Crippen LogP contribution in [0.1, 0.15) is 21.5 Å². The van der Waals surface area contributed by atoms with Crippen molar-refractivity contribution in [2.75, 3.05) is 0 Å². The van der Waals surface area contributed by atoms with Gasteiger partial charge < -0.3 is 15.6 Å². The van der Waals surface area contributed by atoms with Gasteiger partial charge in [-0.3, -0.25) is 0 Å². The molecule has 0 aliphatic heterocycles. The maximum atomic E-state index is 10.8. The Hall–Kier alpha value is -2.40. The molecule has 0 bridgehead atoms. The van der Waals surface area contributed by atoms with Crippen LogP contribution in [0.15, 0.2) is 48.5 Å². The third kappa shape index (κ3) is 3.33. The van der Waals surface area contributed by atoms with E-state index in [0.29, 0.717) is 17.9 Å². The number of hydrogen-bond acceptors (Lipinski definition) is 3. The highest BCUT2D eigenvalue weighted by Gasteiger charge is 2.06. The minimum atomic E-state index is -0.948. The number of nitrogens with two attached hydrogens (primary N) is 1. The molecular formula is C15H13NO3S. The molecule has 0 aliphatic rings. The van der Waals surface area contributed by atoms with Crippen molar-refractivity contribution in [2.45, 2.75) is 6.61 Å². The largest absolute Gasteiger partial charge is 0.488 e. The monoisotopic (exact) mass is 287 g/mol. The van der Waals surface area contributed by atoms with Gasteiger partial charge in [0, 0.05) is 0 Å². The van der Waals surface area contributed by atoms with Crippen molar-refractivity contribution in [2.24, 2.45) is 5.73 Å². The van der Waals surface area contributed by atoms with Gasteiger partial charge in [-0.05, 0) is 29.8 Å². The lowest BCUT2D eigenvalue weighted by Gasteiger charge is -2.10. The molecule has 0 heterocycles. The lowest BCUT2D eigenvalue weighted by molar-refractivity contribution is 0.0697. The summed E-state index contributed by atoms with van der Waals surface area (Å²) in [5, 5.41) is 8.82. The van der Waals surface area contributed by atoms with Gasteiger partial charge in [-0.25, -0.2) is 4.79 Å². The summed E-state index contributed by atoms with van der Waals surface area (Å²) in [5.41, 5.74) is 7.42. The second-order valence-corrected chi connectivity index (χ2v) is 4.59. The molecule has 0 aliphatic carbocycles. The van der Waals surface area contributed by atoms with E-state index in [2.05, 4.69) is 0 Å². The van der Waals surface area contributed by atoms with Crippen molar-refractivity contribution in [3.05, 3.63) is 65.2 Å². The van der Waals surface area contributed by atoms with Crippen LogP contribution in [0.4, 0.5) is 0 Å². The van der Waals surface area contributed by atoms with E-state index in [0.717, 1.165) is 5.56 Å². The Kier molecular flexibility index (Phi) is 4.32. The summed E-state index contributed by atoms with van der Waals surface area (Å²) in [7, 11) is 0. The van der Waals surface area contributed by atoms with Crippen LogP contribution in [-0.2, 0) is 6.61 Å². The van der Waals surface area contributed by atoms with E-state index in [-0.39, 0.29) is 10.6 Å². The number of aromatic carboxylic acids is 1. The number of hydrogen-bond donors (Lipinski definition) is 2. The Morgan fingerprint density at radius 3 is 2.40 bits per heavy atom. The standard InChI is InChI=1S/C15H13NO3S/c16-14(20)12-3-1-2-4-13(12)19-9-10-5-7-11(8-6-10)15(17)18/h1-8H,9H2,(H2,16,20)(H,17,18). The fraction of sp³-hybridized carbons (Fsp3) is 0.0667. The topological polar surface area (TPSA) is 72.5 Å². The molecule has 20 heavy (non-hydrogen) atoms. The lowest BCUT2D eigenvalue weighted by atomic mass is 10.1. The van der Waals surface area contributed by atoms with Gasteiger partial charge in [-0.1, -0.05) is 36.5 Å². The lowest BCUT2D eigenvalue weighted by Crippen LogP contribution is -2.11. The zero-order chi connectivity index (χ0) is 14.5. The highest BCUT2D eigenvalue weighted by molar-refractivity contribution is 7.80. The Labute approximate surface area is 121 Å². The number of ether oxygens (including phenoxy) is 1. The average molecular weight is 287 g/mol. The molecule has 0 radical (unpaired) electrons. The number of benzene rings is 2. The SMILES string of the molecule is NC(=S)c1ccccc1OCc1ccc(C(=O)O)cc1. The van der Waals surface area contributed by atoms with E-state index in [9.17, 15) is 4.79 Å². The van der Waals surface area contributed by atoms with E-state index in [1.54, 1.807) is 36.4 Å². The molecule has 3 N–H and O–H groups in total. The molecule has 0 spiro atoms. The first-order valence-electron chi connectivity index (χ1n) is 5.92. The minimum absolute atomic E-state index is 0.247. The van der Waals surface area contributed by atoms with Gasteiger partial charge in [0.1, 0.15) is 17.3 Å². The molecule has 0 amide bonds. The first kappa shape index (κ1) is 14.0. The third-order valence-corrected chi connectivity index (χ3v) is 2.97. The summed E-state index contributed by atoms with van der Waals surface area (Å²) < 4.78 is 5.67. The average Bonchev–Trinajstić information content (AvgIpc) is 2.45. The molecule has 0 fully saturated rings. The zero-order valence-electron chi connectivity index (χ0n) is 10.6. The number of carboxylic acid groups (broad SMARTS) is 1. The van der Waals surface area contributed by atoms with Crippen LogP contribution in [0.2, 0.25) is 0 Å². The molecule has 102 valence electrons. The molecule has 4 nitrogen and oxygen atoms in total. The fourth-order valence-electron chi connectivity index (χ4n) is 1.70. The Bertz CT molecular complexity index is 638. The molecule has 0 unspecified atom stereocenters. The van der Waals surface area contributed by atoms with Gasteiger partial charge in [0.25, 0.3) is 0 Å². The molecule has 2 aromatic rings. The van der Waals surface area contributed by atoms with Crippen LogP contribution in [-0.4, -0.2) is 16.1 Å². The molecule has 0 saturated heterocycles. The maximum Gasteiger partial charge on any atom is 0.335 e. The van der Waals surface area contributed by atoms with Crippen molar-refractivity contribution in [3.63, 3.8) is 0 Å². The molecule has 0 saturated carbocycles. The predicted octanol–water partition coefficient (Wildman–Crippen LogP) is 2.60. The van der Waals surface area contributed by atoms with Crippen LogP contribution in [0.3, 0.4) is 0 Å². The molecule has 2 aromatic carbocycles. The summed E-state index contributed by atoms with van der Waals surface area (Å²) in [6, 6.07) is 13.8. The summed E-state index contributed by atoms with van der Waals surface area (Å²) >= 11 is 4.96. The molecule has 2 rings (SSSR count). The second-order valence-electron chi connectivity index (χ2n) is 4.15. The van der Waals surface area contributed by atoms with Crippen molar-refractivity contribution >= 4 is 23.2 Å². The number of thiocarbonyl (C=S) groups is 1. The minimum Gasteiger partial charge on any atom is -0.488 e. The van der Waals surface area contributed by atoms with Crippen molar-refractivity contribution in [1.29, 1.82) is 0 Å². The van der Waals surface area contributed by atoms with Gasteiger partial charge in [-0.2, -0.15) is 0 Å². The van der Waals surface area contributed by atoms with Gasteiger partial charge in [0.2, 0.25) is 0 Å². The zero-order valence-corrected chi connectivity index (χ0v) is 11.4. The molecule has 0 aromatic heterocycles. The van der Waals surface area contributed by atoms with Crippen LogP contribution < -0.4 is 10.5 Å². The number of rotatable bonds is 5. The maximum absolute atomic E-state index is 10.8. The highest BCUT2D eigenvalue weighted by Crippen LogP contribution is 2.19. The number of para-hydroxylation sites is 1. The van der Waals surface area contributed by atoms with Crippen molar-refractivity contribution < 1.29 is 14.6 Å². The van der Waals surface area contributed by atoms with Crippen LogP contribution in [0, 0.1) is 0 Å². The van der Waals surface area contributed by atoms with Crippen LogP contribution in [0.5, 0.6) is 5.75 Å². The summed E-state index contributed by atoms with van der Waals surface area (Å²) in [6.07, 6.45) is 0. The first-order chi connectivity index (χ1) is 9.58. The van der Waals surface area contributed by atoms with Gasteiger partial charge in [0.15, 0.2) is 0 Å². The quantitative estimate of drug-likeness (QED) is 0.827. The summed E-state index contributed by atoms with van der Waals surface area (Å²) in [5.74, 6) is -0.335.